The van der Waals surface area contributed by atoms with Crippen LogP contribution in [0.3, 0.4) is 0 Å². The van der Waals surface area contributed by atoms with Gasteiger partial charge in [-0.1, -0.05) is 6.07 Å². The molecule has 2 unspecified atom stereocenters. The molecule has 0 aliphatic heterocycles. The number of thioether (sulfide) groups is 1. The Hall–Kier alpha value is -2.14. The number of benzene rings is 2. The fourth-order valence-electron chi connectivity index (χ4n) is 3.19. The van der Waals surface area contributed by atoms with E-state index in [0.717, 1.165) is 24.9 Å². The first-order valence-corrected chi connectivity index (χ1v) is 9.78. The zero-order chi connectivity index (χ0) is 17.8. The van der Waals surface area contributed by atoms with Crippen molar-refractivity contribution in [2.24, 2.45) is 0 Å². The maximum Gasteiger partial charge on any atom is 0.261 e. The molecule has 1 amide bonds. The third-order valence-corrected chi connectivity index (χ3v) is 5.28. The van der Waals surface area contributed by atoms with Crippen molar-refractivity contribution >= 4 is 23.4 Å². The third kappa shape index (κ3) is 4.28. The number of nitrogens with one attached hydrogen (secondary N) is 1. The molecule has 2 atom stereocenters. The SMILES string of the molecule is CSc1ccc(OC(C)C(=O)NC2CCCc3cc(N)ccc32)cc1. The number of anilines is 1. The van der Waals surface area contributed by atoms with Gasteiger partial charge in [-0.05, 0) is 80.0 Å². The molecule has 25 heavy (non-hydrogen) atoms. The number of fused-ring (bicyclic) bond motifs is 1. The van der Waals surface area contributed by atoms with E-state index in [9.17, 15) is 4.79 Å². The van der Waals surface area contributed by atoms with Crippen LogP contribution in [0.1, 0.15) is 36.9 Å². The standard InChI is InChI=1S/C20H24N2O2S/c1-13(24-16-7-9-17(25-2)10-8-16)20(23)22-19-5-3-4-14-12-15(21)6-11-18(14)19/h6-13,19H,3-5,21H2,1-2H3,(H,22,23). The van der Waals surface area contributed by atoms with Crippen molar-refractivity contribution in [3.8, 4) is 5.75 Å². The van der Waals surface area contributed by atoms with E-state index < -0.39 is 6.10 Å². The van der Waals surface area contributed by atoms with Crippen LogP contribution >= 0.6 is 11.8 Å². The molecule has 0 aromatic heterocycles. The first-order valence-electron chi connectivity index (χ1n) is 8.56. The lowest BCUT2D eigenvalue weighted by atomic mass is 9.87. The van der Waals surface area contributed by atoms with Gasteiger partial charge in [0.05, 0.1) is 6.04 Å². The van der Waals surface area contributed by atoms with Gasteiger partial charge in [0.1, 0.15) is 5.75 Å². The van der Waals surface area contributed by atoms with E-state index in [1.54, 1.807) is 18.7 Å². The number of amides is 1. The van der Waals surface area contributed by atoms with Crippen LogP contribution in [0.25, 0.3) is 0 Å². The number of carbonyl (C=O) groups is 1. The van der Waals surface area contributed by atoms with Gasteiger partial charge >= 0.3 is 0 Å². The third-order valence-electron chi connectivity index (χ3n) is 4.54. The molecule has 1 aliphatic rings. The molecule has 3 N–H and O–H groups in total. The first kappa shape index (κ1) is 17.7. The fraction of sp³-hybridized carbons (Fsp3) is 0.350. The Kier molecular flexibility index (Phi) is 5.53. The molecule has 2 aromatic rings. The number of aryl methyl sites for hydroxylation is 1. The van der Waals surface area contributed by atoms with Crippen molar-refractivity contribution in [3.05, 3.63) is 53.6 Å². The molecule has 3 rings (SSSR count). The maximum absolute atomic E-state index is 12.6. The van der Waals surface area contributed by atoms with Crippen LogP contribution in [-0.2, 0) is 11.2 Å². The molecule has 0 radical (unpaired) electrons. The van der Waals surface area contributed by atoms with Crippen molar-refractivity contribution < 1.29 is 9.53 Å². The normalized spacial score (nSPS) is 17.4. The van der Waals surface area contributed by atoms with E-state index in [2.05, 4.69) is 5.32 Å². The van der Waals surface area contributed by atoms with E-state index in [-0.39, 0.29) is 11.9 Å². The van der Waals surface area contributed by atoms with E-state index in [1.165, 1.54) is 16.0 Å². The first-order chi connectivity index (χ1) is 12.1. The van der Waals surface area contributed by atoms with Crippen molar-refractivity contribution in [2.45, 2.75) is 43.2 Å². The van der Waals surface area contributed by atoms with Gasteiger partial charge in [-0.15, -0.1) is 11.8 Å². The van der Waals surface area contributed by atoms with Crippen LogP contribution in [0, 0.1) is 0 Å². The van der Waals surface area contributed by atoms with Crippen molar-refractivity contribution in [1.29, 1.82) is 0 Å². The summed E-state index contributed by atoms with van der Waals surface area (Å²) in [4.78, 5) is 13.7. The topological polar surface area (TPSA) is 64.3 Å². The highest BCUT2D eigenvalue weighted by molar-refractivity contribution is 7.98. The highest BCUT2D eigenvalue weighted by Gasteiger charge is 2.24. The van der Waals surface area contributed by atoms with E-state index >= 15 is 0 Å². The summed E-state index contributed by atoms with van der Waals surface area (Å²) in [5.41, 5.74) is 9.05. The number of nitrogens with two attached hydrogens (primary N) is 1. The van der Waals surface area contributed by atoms with Gasteiger partial charge in [0.15, 0.2) is 6.10 Å². The summed E-state index contributed by atoms with van der Waals surface area (Å²) in [6.45, 7) is 1.78. The van der Waals surface area contributed by atoms with Gasteiger partial charge in [-0.25, -0.2) is 0 Å². The second-order valence-corrected chi connectivity index (χ2v) is 7.23. The number of ether oxygens (including phenoxy) is 1. The van der Waals surface area contributed by atoms with Crippen LogP contribution in [0.2, 0.25) is 0 Å². The Morgan fingerprint density at radius 2 is 2.04 bits per heavy atom. The highest BCUT2D eigenvalue weighted by Crippen LogP contribution is 2.31. The monoisotopic (exact) mass is 356 g/mol. The molecule has 0 heterocycles. The second kappa shape index (κ2) is 7.83. The van der Waals surface area contributed by atoms with Gasteiger partial charge in [0.2, 0.25) is 0 Å². The van der Waals surface area contributed by atoms with Crippen LogP contribution in [0.15, 0.2) is 47.4 Å². The second-order valence-electron chi connectivity index (χ2n) is 6.35. The lowest BCUT2D eigenvalue weighted by Gasteiger charge is -2.28. The minimum atomic E-state index is -0.542. The average molecular weight is 356 g/mol. The van der Waals surface area contributed by atoms with Crippen molar-refractivity contribution in [2.75, 3.05) is 12.0 Å². The molecule has 5 heteroatoms. The van der Waals surface area contributed by atoms with Crippen LogP contribution < -0.4 is 15.8 Å². The lowest BCUT2D eigenvalue weighted by Crippen LogP contribution is -2.39. The Bertz CT molecular complexity index is 746. The quantitative estimate of drug-likeness (QED) is 0.629. The Labute approximate surface area is 153 Å². The van der Waals surface area contributed by atoms with Crippen LogP contribution in [0.4, 0.5) is 5.69 Å². The molecule has 0 fully saturated rings. The fourth-order valence-corrected chi connectivity index (χ4v) is 3.59. The number of rotatable bonds is 5. The molecule has 1 aliphatic carbocycles. The summed E-state index contributed by atoms with van der Waals surface area (Å²) in [6.07, 6.45) is 4.49. The molecular weight excluding hydrogens is 332 g/mol. The smallest absolute Gasteiger partial charge is 0.261 e. The predicted molar refractivity (Wildman–Crippen MR) is 103 cm³/mol. The molecule has 0 bridgehead atoms. The summed E-state index contributed by atoms with van der Waals surface area (Å²) < 4.78 is 5.78. The molecule has 0 saturated heterocycles. The van der Waals surface area contributed by atoms with E-state index in [4.69, 9.17) is 10.5 Å². The predicted octanol–water partition coefficient (Wildman–Crippen LogP) is 3.95. The lowest BCUT2D eigenvalue weighted by molar-refractivity contribution is -0.128. The molecule has 132 valence electrons. The number of hydrogen-bond acceptors (Lipinski definition) is 4. The zero-order valence-corrected chi connectivity index (χ0v) is 15.4. The van der Waals surface area contributed by atoms with Crippen LogP contribution in [0.5, 0.6) is 5.75 Å². The molecule has 0 saturated carbocycles. The van der Waals surface area contributed by atoms with Crippen molar-refractivity contribution in [3.63, 3.8) is 0 Å². The van der Waals surface area contributed by atoms with Crippen LogP contribution in [-0.4, -0.2) is 18.3 Å². The minimum absolute atomic E-state index is 0.0294. The summed E-state index contributed by atoms with van der Waals surface area (Å²) in [5, 5.41) is 3.13. The maximum atomic E-state index is 12.6. The Morgan fingerprint density at radius 3 is 2.76 bits per heavy atom. The molecular formula is C20H24N2O2S. The van der Waals surface area contributed by atoms with E-state index in [1.807, 2.05) is 48.7 Å². The van der Waals surface area contributed by atoms with Gasteiger partial charge in [-0.2, -0.15) is 0 Å². The largest absolute Gasteiger partial charge is 0.481 e. The van der Waals surface area contributed by atoms with Crippen molar-refractivity contribution in [1.82, 2.24) is 5.32 Å². The Morgan fingerprint density at radius 1 is 1.28 bits per heavy atom. The van der Waals surface area contributed by atoms with Gasteiger partial charge in [0, 0.05) is 10.6 Å². The van der Waals surface area contributed by atoms with Gasteiger partial charge in [-0.3, -0.25) is 4.79 Å². The summed E-state index contributed by atoms with van der Waals surface area (Å²) in [5.74, 6) is 0.612. The summed E-state index contributed by atoms with van der Waals surface area (Å²) >= 11 is 1.68. The Balaban J connectivity index is 1.64. The summed E-state index contributed by atoms with van der Waals surface area (Å²) in [6, 6.07) is 13.8. The average Bonchev–Trinajstić information content (AvgIpc) is 2.62. The molecule has 2 aromatic carbocycles. The minimum Gasteiger partial charge on any atom is -0.481 e. The number of hydrogen-bond donors (Lipinski definition) is 2. The number of nitrogen functional groups attached to an aromatic ring is 1. The van der Waals surface area contributed by atoms with E-state index in [0.29, 0.717) is 5.75 Å². The molecule has 4 nitrogen and oxygen atoms in total. The highest BCUT2D eigenvalue weighted by atomic mass is 32.2. The molecule has 0 spiro atoms. The summed E-state index contributed by atoms with van der Waals surface area (Å²) in [7, 11) is 0. The number of carbonyl (C=O) groups excluding carboxylic acids is 1. The van der Waals surface area contributed by atoms with Gasteiger partial charge < -0.3 is 15.8 Å². The zero-order valence-electron chi connectivity index (χ0n) is 14.6. The van der Waals surface area contributed by atoms with Gasteiger partial charge in [0.25, 0.3) is 5.91 Å².